The second-order valence-electron chi connectivity index (χ2n) is 3.41. The van der Waals surface area contributed by atoms with E-state index >= 15 is 0 Å². The molecule has 8 heteroatoms. The van der Waals surface area contributed by atoms with E-state index in [9.17, 15) is 13.2 Å². The second-order valence-corrected chi connectivity index (χ2v) is 4.26. The zero-order valence-corrected chi connectivity index (χ0v) is 10.9. The SMILES string of the molecule is FC(F)(F)Oc1ccc(OCc2ccno2)cc1Br. The molecule has 0 aliphatic carbocycles. The van der Waals surface area contributed by atoms with Crippen LogP contribution in [0.1, 0.15) is 5.76 Å². The number of hydrogen-bond donors (Lipinski definition) is 0. The van der Waals surface area contributed by atoms with Crippen LogP contribution in [-0.2, 0) is 6.61 Å². The summed E-state index contributed by atoms with van der Waals surface area (Å²) in [5.74, 6) is 0.545. The van der Waals surface area contributed by atoms with Gasteiger partial charge in [0.2, 0.25) is 0 Å². The molecule has 0 fully saturated rings. The summed E-state index contributed by atoms with van der Waals surface area (Å²) in [6.07, 6.45) is -3.26. The molecule has 2 aromatic rings. The van der Waals surface area contributed by atoms with Crippen molar-refractivity contribution in [3.8, 4) is 11.5 Å². The summed E-state index contributed by atoms with van der Waals surface area (Å²) in [6.45, 7) is 0.131. The molecule has 0 unspecified atom stereocenters. The maximum Gasteiger partial charge on any atom is 0.573 e. The average molecular weight is 338 g/mol. The van der Waals surface area contributed by atoms with Crippen molar-refractivity contribution in [2.24, 2.45) is 0 Å². The van der Waals surface area contributed by atoms with Crippen LogP contribution in [0.2, 0.25) is 0 Å². The van der Waals surface area contributed by atoms with Gasteiger partial charge in [-0.15, -0.1) is 13.2 Å². The quantitative estimate of drug-likeness (QED) is 0.848. The maximum absolute atomic E-state index is 12.1. The Bertz CT molecular complexity index is 543. The molecule has 0 amide bonds. The maximum atomic E-state index is 12.1. The van der Waals surface area contributed by atoms with Gasteiger partial charge in [0.25, 0.3) is 0 Å². The Hall–Kier alpha value is -1.70. The summed E-state index contributed by atoms with van der Waals surface area (Å²) in [5, 5.41) is 3.50. The van der Waals surface area contributed by atoms with Gasteiger partial charge in [-0.25, -0.2) is 0 Å². The van der Waals surface area contributed by atoms with Crippen LogP contribution < -0.4 is 9.47 Å². The molecule has 0 saturated carbocycles. The number of rotatable bonds is 4. The largest absolute Gasteiger partial charge is 0.573 e. The van der Waals surface area contributed by atoms with Gasteiger partial charge in [-0.2, -0.15) is 0 Å². The molecule has 1 aromatic carbocycles. The van der Waals surface area contributed by atoms with Crippen LogP contribution in [-0.4, -0.2) is 11.5 Å². The first-order valence-corrected chi connectivity index (χ1v) is 5.81. The minimum atomic E-state index is -4.73. The first-order valence-electron chi connectivity index (χ1n) is 5.02. The first kappa shape index (κ1) is 13.7. The lowest BCUT2D eigenvalue weighted by atomic mass is 10.3. The molecule has 0 N–H and O–H groups in total. The third-order valence-corrected chi connectivity index (χ3v) is 2.62. The molecule has 0 spiro atoms. The molecule has 0 saturated heterocycles. The van der Waals surface area contributed by atoms with E-state index < -0.39 is 6.36 Å². The normalized spacial score (nSPS) is 11.4. The number of alkyl halides is 3. The van der Waals surface area contributed by atoms with Crippen molar-refractivity contribution in [2.75, 3.05) is 0 Å². The monoisotopic (exact) mass is 337 g/mol. The van der Waals surface area contributed by atoms with Gasteiger partial charge in [-0.3, -0.25) is 0 Å². The minimum Gasteiger partial charge on any atom is -0.486 e. The Morgan fingerprint density at radius 3 is 2.63 bits per heavy atom. The number of aromatic nitrogens is 1. The van der Waals surface area contributed by atoms with Crippen LogP contribution in [0.4, 0.5) is 13.2 Å². The highest BCUT2D eigenvalue weighted by atomic mass is 79.9. The smallest absolute Gasteiger partial charge is 0.486 e. The molecule has 19 heavy (non-hydrogen) atoms. The highest BCUT2D eigenvalue weighted by Gasteiger charge is 2.31. The number of halogens is 4. The number of nitrogens with zero attached hydrogens (tertiary/aromatic N) is 1. The molecule has 1 heterocycles. The molecule has 0 bridgehead atoms. The average Bonchev–Trinajstić information content (AvgIpc) is 2.81. The van der Waals surface area contributed by atoms with Crippen LogP contribution in [0.15, 0.2) is 39.5 Å². The molecule has 0 aliphatic rings. The highest BCUT2D eigenvalue weighted by molar-refractivity contribution is 9.10. The van der Waals surface area contributed by atoms with Crippen LogP contribution in [0.5, 0.6) is 11.5 Å². The fraction of sp³-hybridized carbons (Fsp3) is 0.182. The molecular formula is C11H7BrF3NO3. The summed E-state index contributed by atoms with van der Waals surface area (Å²) in [7, 11) is 0. The summed E-state index contributed by atoms with van der Waals surface area (Å²) in [5.41, 5.74) is 0. The predicted molar refractivity (Wildman–Crippen MR) is 61.7 cm³/mol. The summed E-state index contributed by atoms with van der Waals surface area (Å²) < 4.78 is 50.3. The molecule has 0 aliphatic heterocycles. The topological polar surface area (TPSA) is 44.5 Å². The van der Waals surface area contributed by atoms with Gasteiger partial charge in [0.1, 0.15) is 18.1 Å². The predicted octanol–water partition coefficient (Wildman–Crippen LogP) is 3.91. The minimum absolute atomic E-state index is 0.131. The Labute approximate surface area is 114 Å². The third kappa shape index (κ3) is 4.16. The fourth-order valence-electron chi connectivity index (χ4n) is 1.25. The number of hydrogen-bond acceptors (Lipinski definition) is 4. The molecular weight excluding hydrogens is 331 g/mol. The van der Waals surface area contributed by atoms with Crippen molar-refractivity contribution in [2.45, 2.75) is 13.0 Å². The molecule has 2 rings (SSSR count). The summed E-state index contributed by atoms with van der Waals surface area (Å²) in [6, 6.07) is 5.52. The standard InChI is InChI=1S/C11H7BrF3NO3/c12-9-5-7(17-6-8-3-4-16-19-8)1-2-10(9)18-11(13,14)15/h1-5H,6H2. The lowest BCUT2D eigenvalue weighted by molar-refractivity contribution is -0.274. The van der Waals surface area contributed by atoms with Gasteiger partial charge >= 0.3 is 6.36 Å². The van der Waals surface area contributed by atoms with E-state index in [0.717, 1.165) is 6.07 Å². The van der Waals surface area contributed by atoms with E-state index in [1.54, 1.807) is 6.07 Å². The van der Waals surface area contributed by atoms with E-state index in [1.165, 1.54) is 18.3 Å². The third-order valence-electron chi connectivity index (χ3n) is 2.00. The van der Waals surface area contributed by atoms with Crippen LogP contribution in [0.3, 0.4) is 0 Å². The van der Waals surface area contributed by atoms with Crippen LogP contribution >= 0.6 is 15.9 Å². The van der Waals surface area contributed by atoms with Crippen LogP contribution in [0.25, 0.3) is 0 Å². The number of benzene rings is 1. The van der Waals surface area contributed by atoms with Gasteiger partial charge < -0.3 is 14.0 Å². The zero-order chi connectivity index (χ0) is 13.9. The van der Waals surface area contributed by atoms with Crippen molar-refractivity contribution in [3.63, 3.8) is 0 Å². The van der Waals surface area contributed by atoms with Gasteiger partial charge in [0, 0.05) is 6.07 Å². The number of ether oxygens (including phenoxy) is 2. The first-order chi connectivity index (χ1) is 8.94. The van der Waals surface area contributed by atoms with E-state index in [0.29, 0.717) is 11.5 Å². The zero-order valence-electron chi connectivity index (χ0n) is 9.28. The molecule has 0 atom stereocenters. The second kappa shape index (κ2) is 5.52. The van der Waals surface area contributed by atoms with Gasteiger partial charge in [0.05, 0.1) is 10.7 Å². The molecule has 4 nitrogen and oxygen atoms in total. The lowest BCUT2D eigenvalue weighted by Crippen LogP contribution is -2.17. The van der Waals surface area contributed by atoms with Crippen molar-refractivity contribution >= 4 is 15.9 Å². The van der Waals surface area contributed by atoms with Gasteiger partial charge in [-0.1, -0.05) is 5.16 Å². The fourth-order valence-corrected chi connectivity index (χ4v) is 1.69. The summed E-state index contributed by atoms with van der Waals surface area (Å²) in [4.78, 5) is 0. The van der Waals surface area contributed by atoms with Crippen molar-refractivity contribution < 1.29 is 27.2 Å². The van der Waals surface area contributed by atoms with Crippen molar-refractivity contribution in [1.29, 1.82) is 0 Å². The summed E-state index contributed by atoms with van der Waals surface area (Å²) >= 11 is 2.98. The Kier molecular flexibility index (Phi) is 3.98. The Balaban J connectivity index is 2.02. The Morgan fingerprint density at radius 2 is 2.05 bits per heavy atom. The highest BCUT2D eigenvalue weighted by Crippen LogP contribution is 2.33. The lowest BCUT2D eigenvalue weighted by Gasteiger charge is -2.11. The van der Waals surface area contributed by atoms with E-state index in [-0.39, 0.29) is 16.8 Å². The van der Waals surface area contributed by atoms with Gasteiger partial charge in [0.15, 0.2) is 5.76 Å². The molecule has 1 aromatic heterocycles. The van der Waals surface area contributed by atoms with Gasteiger partial charge in [-0.05, 0) is 34.1 Å². The molecule has 102 valence electrons. The van der Waals surface area contributed by atoms with Crippen molar-refractivity contribution in [3.05, 3.63) is 40.7 Å². The van der Waals surface area contributed by atoms with Crippen molar-refractivity contribution in [1.82, 2.24) is 5.16 Å². The molecule has 0 radical (unpaired) electrons. The van der Waals surface area contributed by atoms with E-state index in [4.69, 9.17) is 9.26 Å². The van der Waals surface area contributed by atoms with E-state index in [1.807, 2.05) is 0 Å². The van der Waals surface area contributed by atoms with Crippen LogP contribution in [0, 0.1) is 0 Å². The van der Waals surface area contributed by atoms with E-state index in [2.05, 4.69) is 25.8 Å². The Morgan fingerprint density at radius 1 is 1.26 bits per heavy atom.